The van der Waals surface area contributed by atoms with Crippen LogP contribution in [0.25, 0.3) is 0 Å². The Labute approximate surface area is 166 Å². The van der Waals surface area contributed by atoms with Crippen LogP contribution in [0.1, 0.15) is 39.2 Å². The number of hydrogen-bond acceptors (Lipinski definition) is 5. The Kier molecular flexibility index (Phi) is 7.27. The summed E-state index contributed by atoms with van der Waals surface area (Å²) in [6.07, 6.45) is 0.0626. The highest BCUT2D eigenvalue weighted by atomic mass is 16.6. The molecular formula is C21H29N3O4. The molecule has 152 valence electrons. The number of carbonyl (C=O) groups is 2. The topological polar surface area (TPSA) is 82.9 Å². The molecular weight excluding hydrogens is 358 g/mol. The molecule has 1 saturated heterocycles. The third-order valence-electron chi connectivity index (χ3n) is 4.71. The quantitative estimate of drug-likeness (QED) is 0.767. The van der Waals surface area contributed by atoms with Gasteiger partial charge in [-0.2, -0.15) is 5.26 Å². The monoisotopic (exact) mass is 387 g/mol. The minimum absolute atomic E-state index is 0.00134. The second-order valence-electron chi connectivity index (χ2n) is 8.06. The Morgan fingerprint density at radius 2 is 2.00 bits per heavy atom. The van der Waals surface area contributed by atoms with Gasteiger partial charge in [-0.3, -0.25) is 0 Å². The summed E-state index contributed by atoms with van der Waals surface area (Å²) in [6.45, 7) is 6.63. The molecule has 0 bridgehead atoms. The van der Waals surface area contributed by atoms with Crippen LogP contribution in [0.2, 0.25) is 0 Å². The van der Waals surface area contributed by atoms with Crippen LogP contribution < -0.4 is 0 Å². The average Bonchev–Trinajstić information content (AvgIpc) is 3.13. The fraction of sp³-hybridized carbons (Fsp3) is 0.571. The first kappa shape index (κ1) is 21.5. The summed E-state index contributed by atoms with van der Waals surface area (Å²) < 4.78 is 10.8. The number of nitriles is 1. The van der Waals surface area contributed by atoms with E-state index in [1.54, 1.807) is 32.7 Å². The van der Waals surface area contributed by atoms with E-state index in [-0.39, 0.29) is 31.1 Å². The highest BCUT2D eigenvalue weighted by Crippen LogP contribution is 2.26. The van der Waals surface area contributed by atoms with Crippen LogP contribution in [0.3, 0.4) is 0 Å². The second kappa shape index (κ2) is 9.45. The first-order chi connectivity index (χ1) is 13.2. The fourth-order valence-electron chi connectivity index (χ4n) is 3.26. The van der Waals surface area contributed by atoms with Gasteiger partial charge in [-0.1, -0.05) is 30.3 Å². The molecule has 1 heterocycles. The van der Waals surface area contributed by atoms with Crippen molar-refractivity contribution in [1.82, 2.24) is 9.80 Å². The molecule has 7 nitrogen and oxygen atoms in total. The van der Waals surface area contributed by atoms with Crippen molar-refractivity contribution in [1.29, 1.82) is 5.26 Å². The third kappa shape index (κ3) is 6.15. The van der Waals surface area contributed by atoms with Crippen molar-refractivity contribution in [2.24, 2.45) is 5.92 Å². The molecule has 0 N–H and O–H groups in total. The molecule has 1 aliphatic heterocycles. The van der Waals surface area contributed by atoms with E-state index in [0.29, 0.717) is 19.5 Å². The first-order valence-electron chi connectivity index (χ1n) is 9.49. The van der Waals surface area contributed by atoms with Crippen LogP contribution in [-0.2, 0) is 16.1 Å². The lowest BCUT2D eigenvalue weighted by Crippen LogP contribution is -2.45. The minimum atomic E-state index is -0.606. The average molecular weight is 387 g/mol. The van der Waals surface area contributed by atoms with E-state index >= 15 is 0 Å². The van der Waals surface area contributed by atoms with Crippen LogP contribution in [0.15, 0.2) is 30.3 Å². The van der Waals surface area contributed by atoms with Crippen molar-refractivity contribution in [3.63, 3.8) is 0 Å². The molecule has 2 unspecified atom stereocenters. The predicted molar refractivity (Wildman–Crippen MR) is 104 cm³/mol. The van der Waals surface area contributed by atoms with Gasteiger partial charge in [0.05, 0.1) is 18.5 Å². The zero-order valence-electron chi connectivity index (χ0n) is 17.1. The van der Waals surface area contributed by atoms with E-state index in [1.165, 1.54) is 4.90 Å². The van der Waals surface area contributed by atoms with Gasteiger partial charge in [0, 0.05) is 20.1 Å². The van der Waals surface area contributed by atoms with Gasteiger partial charge < -0.3 is 19.3 Å². The van der Waals surface area contributed by atoms with Crippen LogP contribution in [0, 0.1) is 17.2 Å². The summed E-state index contributed by atoms with van der Waals surface area (Å²) in [5, 5.41) is 9.21. The molecule has 28 heavy (non-hydrogen) atoms. The molecule has 2 rings (SSSR count). The van der Waals surface area contributed by atoms with Crippen molar-refractivity contribution >= 4 is 12.2 Å². The Morgan fingerprint density at radius 1 is 1.32 bits per heavy atom. The maximum atomic E-state index is 12.4. The summed E-state index contributed by atoms with van der Waals surface area (Å²) in [5.74, 6) is 0.00134. The Morgan fingerprint density at radius 3 is 2.61 bits per heavy atom. The highest BCUT2D eigenvalue weighted by molar-refractivity contribution is 5.69. The van der Waals surface area contributed by atoms with Crippen molar-refractivity contribution in [2.75, 3.05) is 20.1 Å². The van der Waals surface area contributed by atoms with Crippen LogP contribution >= 0.6 is 0 Å². The molecule has 1 aromatic rings. The zero-order chi connectivity index (χ0) is 20.7. The normalized spacial score (nSPS) is 17.5. The van der Waals surface area contributed by atoms with Crippen molar-refractivity contribution in [2.45, 2.75) is 51.9 Å². The van der Waals surface area contributed by atoms with Crippen molar-refractivity contribution in [3.8, 4) is 6.07 Å². The van der Waals surface area contributed by atoms with Crippen LogP contribution in [0.4, 0.5) is 9.59 Å². The number of nitrogens with zero attached hydrogens (tertiary/aromatic N) is 3. The third-order valence-corrected chi connectivity index (χ3v) is 4.71. The van der Waals surface area contributed by atoms with E-state index < -0.39 is 11.7 Å². The van der Waals surface area contributed by atoms with E-state index in [9.17, 15) is 14.9 Å². The summed E-state index contributed by atoms with van der Waals surface area (Å²) in [6, 6.07) is 11.3. The lowest BCUT2D eigenvalue weighted by molar-refractivity contribution is 0.0172. The molecule has 0 aromatic heterocycles. The number of hydrogen-bond donors (Lipinski definition) is 0. The van der Waals surface area contributed by atoms with Gasteiger partial charge >= 0.3 is 12.2 Å². The molecule has 1 fully saturated rings. The zero-order valence-corrected chi connectivity index (χ0v) is 17.1. The van der Waals surface area contributed by atoms with Crippen LogP contribution in [0.5, 0.6) is 0 Å². The molecule has 0 aliphatic carbocycles. The predicted octanol–water partition coefficient (Wildman–Crippen LogP) is 3.79. The summed E-state index contributed by atoms with van der Waals surface area (Å²) in [5.41, 5.74) is 0.324. The molecule has 2 amide bonds. The van der Waals surface area contributed by atoms with Gasteiger partial charge in [0.1, 0.15) is 12.2 Å². The molecule has 0 saturated carbocycles. The van der Waals surface area contributed by atoms with Crippen molar-refractivity contribution in [3.05, 3.63) is 35.9 Å². The van der Waals surface area contributed by atoms with E-state index in [2.05, 4.69) is 6.07 Å². The largest absolute Gasteiger partial charge is 0.445 e. The SMILES string of the molecule is CN(C(=O)OC(C)(C)C)C(CC#N)C1CCN(C(=O)OCc2ccccc2)C1. The van der Waals surface area contributed by atoms with Gasteiger partial charge in [0.2, 0.25) is 0 Å². The van der Waals surface area contributed by atoms with Crippen LogP contribution in [-0.4, -0.2) is 53.8 Å². The first-order valence-corrected chi connectivity index (χ1v) is 9.49. The fourth-order valence-corrected chi connectivity index (χ4v) is 3.26. The minimum Gasteiger partial charge on any atom is -0.445 e. The lowest BCUT2D eigenvalue weighted by atomic mass is 9.95. The maximum Gasteiger partial charge on any atom is 0.410 e. The molecule has 0 radical (unpaired) electrons. The van der Waals surface area contributed by atoms with Gasteiger partial charge in [-0.25, -0.2) is 9.59 Å². The van der Waals surface area contributed by atoms with Gasteiger partial charge in [0.25, 0.3) is 0 Å². The van der Waals surface area contributed by atoms with E-state index in [1.807, 2.05) is 30.3 Å². The summed E-state index contributed by atoms with van der Waals surface area (Å²) in [4.78, 5) is 27.9. The second-order valence-corrected chi connectivity index (χ2v) is 8.06. The molecule has 1 aromatic carbocycles. The number of amides is 2. The van der Waals surface area contributed by atoms with Gasteiger partial charge in [-0.05, 0) is 38.7 Å². The Hall–Kier alpha value is -2.75. The number of carbonyl (C=O) groups excluding carboxylic acids is 2. The molecule has 0 spiro atoms. The van der Waals surface area contributed by atoms with Gasteiger partial charge in [0.15, 0.2) is 0 Å². The summed E-state index contributed by atoms with van der Waals surface area (Å²) >= 11 is 0. The Balaban J connectivity index is 1.93. The maximum absolute atomic E-state index is 12.4. The van der Waals surface area contributed by atoms with Crippen molar-refractivity contribution < 1.29 is 19.1 Å². The number of rotatable bonds is 5. The number of benzene rings is 1. The van der Waals surface area contributed by atoms with Gasteiger partial charge in [-0.15, -0.1) is 0 Å². The smallest absolute Gasteiger partial charge is 0.410 e. The Bertz CT molecular complexity index is 709. The number of ether oxygens (including phenoxy) is 2. The van der Waals surface area contributed by atoms with E-state index in [4.69, 9.17) is 9.47 Å². The summed E-state index contributed by atoms with van der Waals surface area (Å²) in [7, 11) is 1.65. The lowest BCUT2D eigenvalue weighted by Gasteiger charge is -2.32. The molecule has 1 aliphatic rings. The van der Waals surface area contributed by atoms with E-state index in [0.717, 1.165) is 5.56 Å². The molecule has 7 heteroatoms. The standard InChI is InChI=1S/C21H29N3O4/c1-21(2,3)28-19(25)23(4)18(10-12-22)17-11-13-24(14-17)20(26)27-15-16-8-6-5-7-9-16/h5-9,17-18H,10-11,13-15H2,1-4H3. The molecule has 2 atom stereocenters. The highest BCUT2D eigenvalue weighted by Gasteiger charge is 2.37. The number of likely N-dealkylation sites (tertiary alicyclic amines) is 1.